The molecule has 1 aromatic rings. The lowest BCUT2D eigenvalue weighted by atomic mass is 9.92. The van der Waals surface area contributed by atoms with Crippen LogP contribution in [0.5, 0.6) is 0 Å². The molecule has 0 bridgehead atoms. The van der Waals surface area contributed by atoms with E-state index in [2.05, 4.69) is 48.5 Å². The molecule has 7 heteroatoms. The molecular weight excluding hydrogens is 449 g/mol. The lowest BCUT2D eigenvalue weighted by Crippen LogP contribution is -2.47. The number of carbonyl (C=O) groups is 1. The van der Waals surface area contributed by atoms with Crippen LogP contribution in [0.4, 0.5) is 0 Å². The predicted molar refractivity (Wildman–Crippen MR) is 115 cm³/mol. The zero-order valence-electron chi connectivity index (χ0n) is 15.6. The fourth-order valence-corrected chi connectivity index (χ4v) is 3.78. The van der Waals surface area contributed by atoms with Crippen molar-refractivity contribution >= 4 is 47.2 Å². The van der Waals surface area contributed by atoms with Gasteiger partial charge in [-0.15, -0.1) is 35.3 Å². The molecule has 142 valence electrons. The van der Waals surface area contributed by atoms with Crippen LogP contribution in [0.1, 0.15) is 38.5 Å². The Morgan fingerprint density at radius 1 is 1.44 bits per heavy atom. The van der Waals surface area contributed by atoms with Gasteiger partial charge in [-0.1, -0.05) is 19.9 Å². The average Bonchev–Trinajstić information content (AvgIpc) is 3.13. The number of methoxy groups -OCH3 is 1. The van der Waals surface area contributed by atoms with Crippen LogP contribution in [-0.4, -0.2) is 50.1 Å². The van der Waals surface area contributed by atoms with Crippen LogP contribution in [0.2, 0.25) is 0 Å². The summed E-state index contributed by atoms with van der Waals surface area (Å²) < 4.78 is 4.86. The van der Waals surface area contributed by atoms with E-state index >= 15 is 0 Å². The lowest BCUT2D eigenvalue weighted by molar-refractivity contribution is -0.146. The number of piperidine rings is 1. The predicted octanol–water partition coefficient (Wildman–Crippen LogP) is 3.49. The number of esters is 1. The minimum atomic E-state index is -0.0876. The molecular formula is C18H30IN3O2S. The Morgan fingerprint density at radius 2 is 2.12 bits per heavy atom. The van der Waals surface area contributed by atoms with Gasteiger partial charge < -0.3 is 15.0 Å². The SMILES string of the molecule is CCNC(=NCC(C)(C)c1cccs1)N1CCC(C(=O)OC)CC1.I. The molecule has 2 rings (SSSR count). The van der Waals surface area contributed by atoms with E-state index in [4.69, 9.17) is 9.73 Å². The molecule has 0 unspecified atom stereocenters. The third-order valence-electron chi connectivity index (χ3n) is 4.48. The first-order chi connectivity index (χ1) is 11.5. The average molecular weight is 479 g/mol. The Bertz CT molecular complexity index is 553. The Kier molecular flexibility index (Phi) is 9.20. The third kappa shape index (κ3) is 6.13. The smallest absolute Gasteiger partial charge is 0.308 e. The topological polar surface area (TPSA) is 53.9 Å². The number of hydrogen-bond donors (Lipinski definition) is 1. The first-order valence-corrected chi connectivity index (χ1v) is 9.51. The summed E-state index contributed by atoms with van der Waals surface area (Å²) in [5.41, 5.74) is 0.0270. The standard InChI is InChI=1S/C18H29N3O2S.HI/c1-5-19-17(20-13-18(2,3)15-7-6-12-24-15)21-10-8-14(9-11-21)16(22)23-4;/h6-7,12,14H,5,8-11,13H2,1-4H3,(H,19,20);1H. The summed E-state index contributed by atoms with van der Waals surface area (Å²) in [6.07, 6.45) is 1.65. The molecule has 0 aromatic carbocycles. The van der Waals surface area contributed by atoms with Crippen molar-refractivity contribution in [2.24, 2.45) is 10.9 Å². The van der Waals surface area contributed by atoms with Gasteiger partial charge >= 0.3 is 5.97 Å². The highest BCUT2D eigenvalue weighted by Crippen LogP contribution is 2.28. The minimum absolute atomic E-state index is 0. The molecule has 0 radical (unpaired) electrons. The molecule has 2 heterocycles. The molecule has 1 aliphatic rings. The van der Waals surface area contributed by atoms with Crippen LogP contribution in [0.25, 0.3) is 0 Å². The quantitative estimate of drug-likeness (QED) is 0.304. The molecule has 0 amide bonds. The number of hydrogen-bond acceptors (Lipinski definition) is 4. The van der Waals surface area contributed by atoms with E-state index in [1.54, 1.807) is 11.3 Å². The van der Waals surface area contributed by atoms with Crippen molar-refractivity contribution in [3.63, 3.8) is 0 Å². The molecule has 5 nitrogen and oxygen atoms in total. The zero-order valence-corrected chi connectivity index (χ0v) is 18.7. The van der Waals surface area contributed by atoms with Crippen LogP contribution in [0.3, 0.4) is 0 Å². The van der Waals surface area contributed by atoms with Crippen LogP contribution in [-0.2, 0) is 14.9 Å². The molecule has 1 fully saturated rings. The number of guanidine groups is 1. The van der Waals surface area contributed by atoms with E-state index in [0.29, 0.717) is 0 Å². The van der Waals surface area contributed by atoms with Gasteiger partial charge in [0.1, 0.15) is 0 Å². The largest absolute Gasteiger partial charge is 0.469 e. The van der Waals surface area contributed by atoms with Crippen LogP contribution >= 0.6 is 35.3 Å². The van der Waals surface area contributed by atoms with E-state index in [0.717, 1.165) is 45.0 Å². The zero-order chi connectivity index (χ0) is 17.6. The van der Waals surface area contributed by atoms with Gasteiger partial charge in [0.25, 0.3) is 0 Å². The van der Waals surface area contributed by atoms with Crippen molar-refractivity contribution < 1.29 is 9.53 Å². The number of likely N-dealkylation sites (tertiary alicyclic amines) is 1. The normalized spacial score (nSPS) is 16.3. The number of nitrogens with one attached hydrogen (secondary N) is 1. The summed E-state index contributed by atoms with van der Waals surface area (Å²) in [6, 6.07) is 4.27. The molecule has 0 atom stereocenters. The van der Waals surface area contributed by atoms with Gasteiger partial charge in [0, 0.05) is 29.9 Å². The number of carbonyl (C=O) groups excluding carboxylic acids is 1. The number of aliphatic imine (C=N–C) groups is 1. The van der Waals surface area contributed by atoms with E-state index < -0.39 is 0 Å². The van der Waals surface area contributed by atoms with Gasteiger partial charge in [0.05, 0.1) is 19.6 Å². The Balaban J connectivity index is 0.00000312. The van der Waals surface area contributed by atoms with Crippen molar-refractivity contribution in [1.82, 2.24) is 10.2 Å². The summed E-state index contributed by atoms with van der Waals surface area (Å²) in [7, 11) is 1.47. The molecule has 0 aliphatic carbocycles. The van der Waals surface area contributed by atoms with Crippen LogP contribution in [0, 0.1) is 5.92 Å². The van der Waals surface area contributed by atoms with Crippen molar-refractivity contribution in [2.75, 3.05) is 33.3 Å². The Labute approximate surface area is 172 Å². The van der Waals surface area contributed by atoms with Gasteiger partial charge in [-0.2, -0.15) is 0 Å². The van der Waals surface area contributed by atoms with Gasteiger partial charge in [0.2, 0.25) is 0 Å². The first-order valence-electron chi connectivity index (χ1n) is 8.63. The minimum Gasteiger partial charge on any atom is -0.469 e. The Morgan fingerprint density at radius 3 is 2.64 bits per heavy atom. The maximum absolute atomic E-state index is 11.7. The van der Waals surface area contributed by atoms with Gasteiger partial charge in [-0.3, -0.25) is 9.79 Å². The van der Waals surface area contributed by atoms with Crippen LogP contribution < -0.4 is 5.32 Å². The number of halogens is 1. The maximum atomic E-state index is 11.7. The number of nitrogens with zero attached hydrogens (tertiary/aromatic N) is 2. The first kappa shape index (κ1) is 22.2. The second kappa shape index (κ2) is 10.4. The molecule has 25 heavy (non-hydrogen) atoms. The van der Waals surface area contributed by atoms with Crippen molar-refractivity contribution in [3.05, 3.63) is 22.4 Å². The highest BCUT2D eigenvalue weighted by atomic mass is 127. The van der Waals surface area contributed by atoms with Gasteiger partial charge in [-0.25, -0.2) is 0 Å². The summed E-state index contributed by atoms with van der Waals surface area (Å²) in [4.78, 5) is 20.2. The van der Waals surface area contributed by atoms with Crippen molar-refractivity contribution in [1.29, 1.82) is 0 Å². The molecule has 1 N–H and O–H groups in total. The molecule has 1 aromatic heterocycles. The van der Waals surface area contributed by atoms with Crippen molar-refractivity contribution in [3.8, 4) is 0 Å². The fraction of sp³-hybridized carbons (Fsp3) is 0.667. The molecule has 1 aliphatic heterocycles. The van der Waals surface area contributed by atoms with E-state index in [1.165, 1.54) is 12.0 Å². The maximum Gasteiger partial charge on any atom is 0.308 e. The van der Waals surface area contributed by atoms with Gasteiger partial charge in [0.15, 0.2) is 5.96 Å². The highest BCUT2D eigenvalue weighted by molar-refractivity contribution is 14.0. The summed E-state index contributed by atoms with van der Waals surface area (Å²) >= 11 is 1.78. The highest BCUT2D eigenvalue weighted by Gasteiger charge is 2.28. The summed E-state index contributed by atoms with van der Waals surface area (Å²) in [6.45, 7) is 9.81. The second-order valence-corrected chi connectivity index (χ2v) is 7.76. The lowest BCUT2D eigenvalue weighted by Gasteiger charge is -2.33. The van der Waals surface area contributed by atoms with Crippen molar-refractivity contribution in [2.45, 2.75) is 39.0 Å². The molecule has 0 saturated carbocycles. The summed E-state index contributed by atoms with van der Waals surface area (Å²) in [5, 5.41) is 5.51. The Hall–Kier alpha value is -0.830. The second-order valence-electron chi connectivity index (χ2n) is 6.82. The number of thiophene rings is 1. The number of ether oxygens (including phenoxy) is 1. The van der Waals surface area contributed by atoms with Gasteiger partial charge in [-0.05, 0) is 31.2 Å². The molecule has 0 spiro atoms. The number of rotatable bonds is 5. The van der Waals surface area contributed by atoms with E-state index in [-0.39, 0.29) is 41.3 Å². The van der Waals surface area contributed by atoms with Crippen LogP contribution in [0.15, 0.2) is 22.5 Å². The van der Waals surface area contributed by atoms with E-state index in [1.807, 2.05) is 0 Å². The monoisotopic (exact) mass is 479 g/mol. The molecule has 1 saturated heterocycles. The fourth-order valence-electron chi connectivity index (χ4n) is 2.93. The summed E-state index contributed by atoms with van der Waals surface area (Å²) in [5.74, 6) is 0.887. The van der Waals surface area contributed by atoms with E-state index in [9.17, 15) is 4.79 Å². The third-order valence-corrected chi connectivity index (χ3v) is 5.71.